The van der Waals surface area contributed by atoms with Crippen molar-refractivity contribution in [1.82, 2.24) is 9.47 Å². The number of hydrogen-bond donors (Lipinski definition) is 1. The van der Waals surface area contributed by atoms with Gasteiger partial charge in [-0.15, -0.1) is 0 Å². The third-order valence-electron chi connectivity index (χ3n) is 3.38. The van der Waals surface area contributed by atoms with Crippen molar-refractivity contribution in [2.24, 2.45) is 0 Å². The minimum Gasteiger partial charge on any atom is -0.397 e. The molecule has 2 N–H and O–H groups in total. The van der Waals surface area contributed by atoms with E-state index in [4.69, 9.17) is 15.7 Å². The molecule has 6 nitrogen and oxygen atoms in total. The summed E-state index contributed by atoms with van der Waals surface area (Å²) in [6, 6.07) is 4.18. The molecule has 0 atom stereocenters. The highest BCUT2D eigenvalue weighted by Gasteiger charge is 2.29. The zero-order chi connectivity index (χ0) is 14.5. The van der Waals surface area contributed by atoms with E-state index >= 15 is 0 Å². The summed E-state index contributed by atoms with van der Waals surface area (Å²) in [6.07, 6.45) is 4.31. The monoisotopic (exact) mass is 276 g/mol. The summed E-state index contributed by atoms with van der Waals surface area (Å²) in [5, 5.41) is 8.71. The zero-order valence-electron chi connectivity index (χ0n) is 11.7. The van der Waals surface area contributed by atoms with Crippen LogP contribution in [0.3, 0.4) is 0 Å². The maximum Gasteiger partial charge on any atom is 0.270 e. The third-order valence-corrected chi connectivity index (χ3v) is 3.38. The normalized spacial score (nSPS) is 14.0. The second-order valence-electron chi connectivity index (χ2n) is 4.99. The summed E-state index contributed by atoms with van der Waals surface area (Å²) in [4.78, 5) is 14.3. The van der Waals surface area contributed by atoms with Crippen LogP contribution in [0.25, 0.3) is 0 Å². The molecule has 0 spiro atoms. The van der Waals surface area contributed by atoms with Crippen molar-refractivity contribution in [3.63, 3.8) is 0 Å². The van der Waals surface area contributed by atoms with Gasteiger partial charge in [-0.3, -0.25) is 4.79 Å². The van der Waals surface area contributed by atoms with Gasteiger partial charge < -0.3 is 19.9 Å². The lowest BCUT2D eigenvalue weighted by Gasteiger charge is -2.22. The lowest BCUT2D eigenvalue weighted by molar-refractivity contribution is 0.0689. The van der Waals surface area contributed by atoms with Crippen LogP contribution >= 0.6 is 0 Å². The standard InChI is InChI=1S/C14H20N4O2/c1-20-8-7-17(6-2-5-15)14(19)13-9-11(16)10-18(13)12-3-4-12/h9-10,12H,2-4,6-8,16H2,1H3. The number of nitrogen functional groups attached to an aromatic ring is 1. The van der Waals surface area contributed by atoms with Crippen molar-refractivity contribution in [2.75, 3.05) is 32.5 Å². The van der Waals surface area contributed by atoms with Crippen molar-refractivity contribution in [1.29, 1.82) is 5.26 Å². The van der Waals surface area contributed by atoms with Crippen molar-refractivity contribution in [3.8, 4) is 6.07 Å². The molecule has 1 aliphatic carbocycles. The number of rotatable bonds is 7. The van der Waals surface area contributed by atoms with Gasteiger partial charge in [0.2, 0.25) is 0 Å². The molecule has 1 aromatic heterocycles. The molecule has 2 rings (SSSR count). The van der Waals surface area contributed by atoms with E-state index in [1.54, 1.807) is 18.1 Å². The molecular formula is C14H20N4O2. The van der Waals surface area contributed by atoms with Gasteiger partial charge in [-0.2, -0.15) is 5.26 Å². The molecule has 0 bridgehead atoms. The number of anilines is 1. The molecule has 1 heterocycles. The van der Waals surface area contributed by atoms with Gasteiger partial charge in [-0.05, 0) is 18.9 Å². The molecule has 0 aliphatic heterocycles. The molecule has 1 saturated carbocycles. The first-order chi connectivity index (χ1) is 9.67. The second-order valence-corrected chi connectivity index (χ2v) is 4.99. The first kappa shape index (κ1) is 14.4. The van der Waals surface area contributed by atoms with Gasteiger partial charge in [0.25, 0.3) is 5.91 Å². The first-order valence-electron chi connectivity index (χ1n) is 6.80. The number of nitrogens with two attached hydrogens (primary N) is 1. The van der Waals surface area contributed by atoms with Gasteiger partial charge in [-0.1, -0.05) is 0 Å². The van der Waals surface area contributed by atoms with E-state index in [0.29, 0.717) is 43.5 Å². The predicted octanol–water partition coefficient (Wildman–Crippen LogP) is 1.41. The Hall–Kier alpha value is -2.00. The maximum atomic E-state index is 12.6. The zero-order valence-corrected chi connectivity index (χ0v) is 11.7. The minimum absolute atomic E-state index is 0.0825. The van der Waals surface area contributed by atoms with Crippen LogP contribution in [0.2, 0.25) is 0 Å². The summed E-state index contributed by atoms with van der Waals surface area (Å²) < 4.78 is 6.99. The van der Waals surface area contributed by atoms with Crippen molar-refractivity contribution < 1.29 is 9.53 Å². The number of nitrogens with zero attached hydrogens (tertiary/aromatic N) is 3. The van der Waals surface area contributed by atoms with E-state index in [9.17, 15) is 4.79 Å². The molecule has 108 valence electrons. The SMILES string of the molecule is COCCN(CCC#N)C(=O)c1cc(N)cn1C1CC1. The molecule has 1 amide bonds. The lowest BCUT2D eigenvalue weighted by Crippen LogP contribution is -2.35. The molecule has 1 aromatic rings. The Kier molecular flexibility index (Phi) is 4.64. The van der Waals surface area contributed by atoms with Gasteiger partial charge in [0.15, 0.2) is 0 Å². The fourth-order valence-corrected chi connectivity index (χ4v) is 2.19. The largest absolute Gasteiger partial charge is 0.397 e. The van der Waals surface area contributed by atoms with Crippen LogP contribution in [-0.2, 0) is 4.74 Å². The van der Waals surface area contributed by atoms with Gasteiger partial charge >= 0.3 is 0 Å². The van der Waals surface area contributed by atoms with Gasteiger partial charge in [-0.25, -0.2) is 0 Å². The van der Waals surface area contributed by atoms with E-state index in [1.807, 2.05) is 10.8 Å². The van der Waals surface area contributed by atoms with Crippen molar-refractivity contribution in [2.45, 2.75) is 25.3 Å². The van der Waals surface area contributed by atoms with Crippen LogP contribution in [0.1, 0.15) is 35.8 Å². The van der Waals surface area contributed by atoms with Crippen LogP contribution in [-0.4, -0.2) is 42.2 Å². The second kappa shape index (κ2) is 6.44. The maximum absolute atomic E-state index is 12.6. The van der Waals surface area contributed by atoms with Gasteiger partial charge in [0, 0.05) is 32.4 Å². The molecule has 0 aromatic carbocycles. The van der Waals surface area contributed by atoms with Gasteiger partial charge in [0.05, 0.1) is 24.8 Å². The number of methoxy groups -OCH3 is 1. The molecular weight excluding hydrogens is 256 g/mol. The molecule has 1 aliphatic rings. The molecule has 1 fully saturated rings. The van der Waals surface area contributed by atoms with Crippen LogP contribution in [0, 0.1) is 11.3 Å². The lowest BCUT2D eigenvalue weighted by atomic mass is 10.3. The fourth-order valence-electron chi connectivity index (χ4n) is 2.19. The highest BCUT2D eigenvalue weighted by molar-refractivity contribution is 5.94. The highest BCUT2D eigenvalue weighted by atomic mass is 16.5. The van der Waals surface area contributed by atoms with E-state index in [1.165, 1.54) is 0 Å². The summed E-state index contributed by atoms with van der Waals surface area (Å²) >= 11 is 0. The van der Waals surface area contributed by atoms with Crippen molar-refractivity contribution in [3.05, 3.63) is 18.0 Å². The van der Waals surface area contributed by atoms with Crippen molar-refractivity contribution >= 4 is 11.6 Å². The smallest absolute Gasteiger partial charge is 0.270 e. The van der Waals surface area contributed by atoms with E-state index in [-0.39, 0.29) is 5.91 Å². The number of amides is 1. The van der Waals surface area contributed by atoms with Gasteiger partial charge in [0.1, 0.15) is 5.69 Å². The summed E-state index contributed by atoms with van der Waals surface area (Å²) in [6.45, 7) is 1.35. The Morgan fingerprint density at radius 2 is 2.35 bits per heavy atom. The van der Waals surface area contributed by atoms with Crippen LogP contribution in [0.4, 0.5) is 5.69 Å². The quantitative estimate of drug-likeness (QED) is 0.816. The Balaban J connectivity index is 2.15. The molecule has 6 heteroatoms. The topological polar surface area (TPSA) is 84.3 Å². The average Bonchev–Trinajstić information content (AvgIpc) is 3.21. The van der Waals surface area contributed by atoms with Crippen LogP contribution in [0.5, 0.6) is 0 Å². The summed E-state index contributed by atoms with van der Waals surface area (Å²) in [5.41, 5.74) is 7.03. The number of carbonyl (C=O) groups excluding carboxylic acids is 1. The average molecular weight is 276 g/mol. The molecule has 0 unspecified atom stereocenters. The summed E-state index contributed by atoms with van der Waals surface area (Å²) in [5.74, 6) is -0.0825. The fraction of sp³-hybridized carbons (Fsp3) is 0.571. The van der Waals surface area contributed by atoms with Crippen LogP contribution < -0.4 is 5.73 Å². The molecule has 0 radical (unpaired) electrons. The summed E-state index contributed by atoms with van der Waals surface area (Å²) in [7, 11) is 1.60. The molecule has 20 heavy (non-hydrogen) atoms. The third kappa shape index (κ3) is 3.31. The molecule has 0 saturated heterocycles. The van der Waals surface area contributed by atoms with E-state index in [0.717, 1.165) is 12.8 Å². The minimum atomic E-state index is -0.0825. The first-order valence-corrected chi connectivity index (χ1v) is 6.80. The van der Waals surface area contributed by atoms with Crippen LogP contribution in [0.15, 0.2) is 12.3 Å². The Morgan fingerprint density at radius 3 is 2.95 bits per heavy atom. The number of carbonyl (C=O) groups is 1. The Morgan fingerprint density at radius 1 is 1.60 bits per heavy atom. The predicted molar refractivity (Wildman–Crippen MR) is 75.1 cm³/mol. The van der Waals surface area contributed by atoms with E-state index in [2.05, 4.69) is 6.07 Å². The Labute approximate surface area is 118 Å². The number of ether oxygens (including phenoxy) is 1. The number of nitriles is 1. The number of hydrogen-bond acceptors (Lipinski definition) is 4. The number of aromatic nitrogens is 1. The Bertz CT molecular complexity index is 514. The van der Waals surface area contributed by atoms with E-state index < -0.39 is 0 Å². The highest BCUT2D eigenvalue weighted by Crippen LogP contribution is 2.37.